The van der Waals surface area contributed by atoms with E-state index < -0.39 is 27.9 Å². The Labute approximate surface area is 158 Å². The molecule has 0 N–H and O–H groups in total. The van der Waals surface area contributed by atoms with Crippen LogP contribution in [-0.2, 0) is 19.6 Å². The summed E-state index contributed by atoms with van der Waals surface area (Å²) in [5.41, 5.74) is 1.79. The molecule has 0 amide bonds. The number of sulfonamides is 1. The highest BCUT2D eigenvalue weighted by atomic mass is 32.2. The van der Waals surface area contributed by atoms with Gasteiger partial charge in [0.05, 0.1) is 17.5 Å². The molecule has 1 fully saturated rings. The van der Waals surface area contributed by atoms with Gasteiger partial charge in [0, 0.05) is 18.2 Å². The standard InChI is InChI=1S/C20H20FNO4S/c1-3-26-20(23)13-17-12-19(15-5-4-6-16(21)11-15)22(17)27(24,25)18-9-7-14(2)8-10-18/h4-11,13,19H,3,12H2,1-2H3/b17-13+. The number of aryl methyl sites for hydroxylation is 1. The fourth-order valence-corrected chi connectivity index (χ4v) is 4.69. The highest BCUT2D eigenvalue weighted by Crippen LogP contribution is 2.45. The number of carbonyl (C=O) groups is 1. The monoisotopic (exact) mass is 389 g/mol. The fraction of sp³-hybridized carbons (Fsp3) is 0.250. The number of hydrogen-bond donors (Lipinski definition) is 0. The first-order valence-corrected chi connectivity index (χ1v) is 10.0. The largest absolute Gasteiger partial charge is 0.463 e. The molecule has 0 saturated carbocycles. The molecule has 7 heteroatoms. The maximum Gasteiger partial charge on any atom is 0.332 e. The summed E-state index contributed by atoms with van der Waals surface area (Å²) in [6, 6.07) is 11.7. The minimum atomic E-state index is -3.90. The first-order valence-electron chi connectivity index (χ1n) is 8.57. The molecule has 1 aliphatic heterocycles. The van der Waals surface area contributed by atoms with Crippen LogP contribution in [0.15, 0.2) is 65.2 Å². The number of nitrogens with zero attached hydrogens (tertiary/aromatic N) is 1. The number of carbonyl (C=O) groups excluding carboxylic acids is 1. The average Bonchev–Trinajstić information content (AvgIpc) is 2.58. The van der Waals surface area contributed by atoms with E-state index >= 15 is 0 Å². The number of rotatable bonds is 5. The molecule has 1 heterocycles. The first kappa shape index (κ1) is 19.1. The number of esters is 1. The van der Waals surface area contributed by atoms with Crippen molar-refractivity contribution in [1.29, 1.82) is 0 Å². The predicted octanol–water partition coefficient (Wildman–Crippen LogP) is 3.72. The third-order valence-electron chi connectivity index (χ3n) is 4.35. The number of benzene rings is 2. The lowest BCUT2D eigenvalue weighted by atomic mass is 9.94. The maximum absolute atomic E-state index is 13.6. The van der Waals surface area contributed by atoms with Crippen LogP contribution in [-0.4, -0.2) is 25.3 Å². The Morgan fingerprint density at radius 3 is 2.59 bits per heavy atom. The van der Waals surface area contributed by atoms with E-state index in [1.165, 1.54) is 40.7 Å². The van der Waals surface area contributed by atoms with Gasteiger partial charge in [-0.05, 0) is 43.7 Å². The first-order chi connectivity index (χ1) is 12.8. The van der Waals surface area contributed by atoms with Gasteiger partial charge in [0.1, 0.15) is 5.82 Å². The Kier molecular flexibility index (Phi) is 5.32. The quantitative estimate of drug-likeness (QED) is 0.578. The van der Waals surface area contributed by atoms with Crippen molar-refractivity contribution in [3.8, 4) is 0 Å². The average molecular weight is 389 g/mol. The molecule has 27 heavy (non-hydrogen) atoms. The fourth-order valence-electron chi connectivity index (χ4n) is 3.01. The predicted molar refractivity (Wildman–Crippen MR) is 98.7 cm³/mol. The normalized spacial score (nSPS) is 18.3. The van der Waals surface area contributed by atoms with Gasteiger partial charge in [-0.1, -0.05) is 29.8 Å². The van der Waals surface area contributed by atoms with Crippen LogP contribution in [0, 0.1) is 12.7 Å². The Morgan fingerprint density at radius 2 is 1.96 bits per heavy atom. The van der Waals surface area contributed by atoms with Gasteiger partial charge in [-0.2, -0.15) is 0 Å². The van der Waals surface area contributed by atoms with Crippen LogP contribution in [0.2, 0.25) is 0 Å². The zero-order valence-corrected chi connectivity index (χ0v) is 15.9. The van der Waals surface area contributed by atoms with Crippen molar-refractivity contribution >= 4 is 16.0 Å². The van der Waals surface area contributed by atoms with Crippen molar-refractivity contribution in [3.05, 3.63) is 77.2 Å². The van der Waals surface area contributed by atoms with Crippen LogP contribution in [0.3, 0.4) is 0 Å². The molecule has 2 aromatic carbocycles. The zero-order valence-electron chi connectivity index (χ0n) is 15.1. The lowest BCUT2D eigenvalue weighted by Gasteiger charge is -2.44. The lowest BCUT2D eigenvalue weighted by molar-refractivity contribution is -0.137. The second-order valence-electron chi connectivity index (χ2n) is 6.28. The minimum absolute atomic E-state index is 0.115. The highest BCUT2D eigenvalue weighted by Gasteiger charge is 2.43. The summed E-state index contributed by atoms with van der Waals surface area (Å²) >= 11 is 0. The van der Waals surface area contributed by atoms with E-state index in [0.29, 0.717) is 17.7 Å². The SMILES string of the molecule is CCOC(=O)/C=C1\CC(c2cccc(F)c2)N1S(=O)(=O)c1ccc(C)cc1. The van der Waals surface area contributed by atoms with Crippen molar-refractivity contribution in [2.24, 2.45) is 0 Å². The molecule has 5 nitrogen and oxygen atoms in total. The van der Waals surface area contributed by atoms with Gasteiger partial charge >= 0.3 is 5.97 Å². The third-order valence-corrected chi connectivity index (χ3v) is 6.23. The summed E-state index contributed by atoms with van der Waals surface area (Å²) < 4.78 is 46.1. The van der Waals surface area contributed by atoms with Gasteiger partial charge < -0.3 is 4.74 Å². The van der Waals surface area contributed by atoms with Gasteiger partial charge in [0.15, 0.2) is 0 Å². The lowest BCUT2D eigenvalue weighted by Crippen LogP contribution is -2.43. The van der Waals surface area contributed by atoms with Gasteiger partial charge in [0.2, 0.25) is 0 Å². The van der Waals surface area contributed by atoms with E-state index in [-0.39, 0.29) is 11.5 Å². The summed E-state index contributed by atoms with van der Waals surface area (Å²) in [7, 11) is -3.90. The van der Waals surface area contributed by atoms with Crippen LogP contribution >= 0.6 is 0 Å². The molecule has 2 aromatic rings. The van der Waals surface area contributed by atoms with Crippen LogP contribution in [0.5, 0.6) is 0 Å². The van der Waals surface area contributed by atoms with Crippen LogP contribution in [0.25, 0.3) is 0 Å². The summed E-state index contributed by atoms with van der Waals surface area (Å²) in [6.45, 7) is 3.73. The Hall–Kier alpha value is -2.67. The second kappa shape index (κ2) is 7.52. The summed E-state index contributed by atoms with van der Waals surface area (Å²) in [6.07, 6.45) is 1.48. The van der Waals surface area contributed by atoms with Gasteiger partial charge in [-0.15, -0.1) is 0 Å². The van der Waals surface area contributed by atoms with E-state index in [1.807, 2.05) is 6.92 Å². The van der Waals surface area contributed by atoms with Crippen molar-refractivity contribution in [2.45, 2.75) is 31.2 Å². The van der Waals surface area contributed by atoms with Crippen molar-refractivity contribution in [3.63, 3.8) is 0 Å². The van der Waals surface area contributed by atoms with Crippen molar-refractivity contribution < 1.29 is 22.3 Å². The van der Waals surface area contributed by atoms with Gasteiger partial charge in [-0.3, -0.25) is 4.31 Å². The molecule has 0 radical (unpaired) electrons. The molecule has 0 aliphatic carbocycles. The molecule has 3 rings (SSSR count). The van der Waals surface area contributed by atoms with Crippen LogP contribution in [0.4, 0.5) is 4.39 Å². The molecule has 1 unspecified atom stereocenters. The van der Waals surface area contributed by atoms with E-state index in [9.17, 15) is 17.6 Å². The van der Waals surface area contributed by atoms with Crippen molar-refractivity contribution in [2.75, 3.05) is 6.61 Å². The Balaban J connectivity index is 2.02. The summed E-state index contributed by atoms with van der Waals surface area (Å²) in [4.78, 5) is 11.9. The molecule has 1 saturated heterocycles. The van der Waals surface area contributed by atoms with Gasteiger partial charge in [0.25, 0.3) is 10.0 Å². The van der Waals surface area contributed by atoms with Crippen LogP contribution in [0.1, 0.15) is 30.5 Å². The van der Waals surface area contributed by atoms with Gasteiger partial charge in [-0.25, -0.2) is 17.6 Å². The highest BCUT2D eigenvalue weighted by molar-refractivity contribution is 7.89. The number of ether oxygens (including phenoxy) is 1. The smallest absolute Gasteiger partial charge is 0.332 e. The third kappa shape index (κ3) is 3.88. The number of hydrogen-bond acceptors (Lipinski definition) is 4. The van der Waals surface area contributed by atoms with E-state index in [1.54, 1.807) is 25.1 Å². The molecule has 0 bridgehead atoms. The molecule has 1 atom stereocenters. The number of halogens is 1. The van der Waals surface area contributed by atoms with Crippen LogP contribution < -0.4 is 0 Å². The second-order valence-corrected chi connectivity index (χ2v) is 8.09. The van der Waals surface area contributed by atoms with E-state index in [2.05, 4.69) is 0 Å². The summed E-state index contributed by atoms with van der Waals surface area (Å²) in [5, 5.41) is 0. The molecular weight excluding hydrogens is 369 g/mol. The van der Waals surface area contributed by atoms with Crippen molar-refractivity contribution in [1.82, 2.24) is 4.31 Å². The molecule has 0 spiro atoms. The van der Waals surface area contributed by atoms with E-state index in [4.69, 9.17) is 4.74 Å². The molecule has 1 aliphatic rings. The molecular formula is C20H20FNO4S. The Bertz CT molecular complexity index is 983. The minimum Gasteiger partial charge on any atom is -0.463 e. The molecule has 0 aromatic heterocycles. The van der Waals surface area contributed by atoms with E-state index in [0.717, 1.165) is 5.56 Å². The molecule has 142 valence electrons. The Morgan fingerprint density at radius 1 is 1.26 bits per heavy atom. The summed E-state index contributed by atoms with van der Waals surface area (Å²) in [5.74, 6) is -1.04. The topological polar surface area (TPSA) is 63.7 Å². The maximum atomic E-state index is 13.6. The zero-order chi connectivity index (χ0) is 19.6.